The SMILES string of the molecule is CCS(=O)(=O)CCNCC(=O)N1CCC(C(=O)O)CC1. The van der Waals surface area contributed by atoms with Gasteiger partial charge in [-0.15, -0.1) is 0 Å². The molecular weight excluding hydrogens is 284 g/mol. The fraction of sp³-hybridized carbons (Fsp3) is 0.833. The Morgan fingerprint density at radius 2 is 1.90 bits per heavy atom. The summed E-state index contributed by atoms with van der Waals surface area (Å²) in [5.41, 5.74) is 0. The van der Waals surface area contributed by atoms with Gasteiger partial charge in [0.2, 0.25) is 5.91 Å². The number of hydrogen-bond acceptors (Lipinski definition) is 5. The van der Waals surface area contributed by atoms with Crippen molar-refractivity contribution in [3.05, 3.63) is 0 Å². The lowest BCUT2D eigenvalue weighted by Gasteiger charge is -2.30. The van der Waals surface area contributed by atoms with E-state index < -0.39 is 15.8 Å². The molecule has 7 nitrogen and oxygen atoms in total. The molecule has 0 aliphatic carbocycles. The largest absolute Gasteiger partial charge is 0.481 e. The van der Waals surface area contributed by atoms with E-state index in [1.165, 1.54) is 0 Å². The number of carboxylic acid groups (broad SMARTS) is 1. The van der Waals surface area contributed by atoms with Gasteiger partial charge in [-0.25, -0.2) is 8.42 Å². The molecule has 2 N–H and O–H groups in total. The third kappa shape index (κ3) is 5.46. The van der Waals surface area contributed by atoms with Crippen molar-refractivity contribution in [1.82, 2.24) is 10.2 Å². The van der Waals surface area contributed by atoms with Crippen LogP contribution in [0, 0.1) is 5.92 Å². The van der Waals surface area contributed by atoms with E-state index in [1.54, 1.807) is 11.8 Å². The first-order chi connectivity index (χ1) is 9.35. The lowest BCUT2D eigenvalue weighted by atomic mass is 9.97. The number of hydrogen-bond donors (Lipinski definition) is 2. The van der Waals surface area contributed by atoms with Crippen LogP contribution in [0.15, 0.2) is 0 Å². The van der Waals surface area contributed by atoms with E-state index in [2.05, 4.69) is 5.32 Å². The van der Waals surface area contributed by atoms with Crippen molar-refractivity contribution >= 4 is 21.7 Å². The fourth-order valence-electron chi connectivity index (χ4n) is 2.05. The van der Waals surface area contributed by atoms with E-state index in [-0.39, 0.29) is 36.4 Å². The van der Waals surface area contributed by atoms with Gasteiger partial charge in [0.05, 0.1) is 18.2 Å². The first kappa shape index (κ1) is 16.9. The molecule has 1 fully saturated rings. The molecule has 0 unspecified atom stereocenters. The second-order valence-corrected chi connectivity index (χ2v) is 7.38. The number of nitrogens with zero attached hydrogens (tertiary/aromatic N) is 1. The van der Waals surface area contributed by atoms with Gasteiger partial charge in [0.15, 0.2) is 9.84 Å². The normalized spacial score (nSPS) is 17.1. The number of amides is 1. The van der Waals surface area contributed by atoms with Gasteiger partial charge in [-0.1, -0.05) is 6.92 Å². The van der Waals surface area contributed by atoms with Crippen LogP contribution in [-0.4, -0.2) is 68.0 Å². The van der Waals surface area contributed by atoms with E-state index >= 15 is 0 Å². The molecule has 0 radical (unpaired) electrons. The molecule has 0 aromatic heterocycles. The third-order valence-electron chi connectivity index (χ3n) is 3.50. The highest BCUT2D eigenvalue weighted by molar-refractivity contribution is 7.91. The van der Waals surface area contributed by atoms with Crippen molar-refractivity contribution in [2.75, 3.05) is 37.7 Å². The van der Waals surface area contributed by atoms with Crippen LogP contribution < -0.4 is 5.32 Å². The van der Waals surface area contributed by atoms with Crippen molar-refractivity contribution in [3.8, 4) is 0 Å². The summed E-state index contributed by atoms with van der Waals surface area (Å²) in [6.45, 7) is 2.84. The minimum Gasteiger partial charge on any atom is -0.481 e. The number of nitrogens with one attached hydrogen (secondary N) is 1. The number of carbonyl (C=O) groups is 2. The maximum atomic E-state index is 11.8. The van der Waals surface area contributed by atoms with E-state index in [1.807, 2.05) is 0 Å². The van der Waals surface area contributed by atoms with Gasteiger partial charge in [0, 0.05) is 25.4 Å². The summed E-state index contributed by atoms with van der Waals surface area (Å²) in [7, 11) is -3.01. The van der Waals surface area contributed by atoms with Crippen LogP contribution in [-0.2, 0) is 19.4 Å². The molecule has 20 heavy (non-hydrogen) atoms. The number of piperidine rings is 1. The molecule has 1 amide bonds. The van der Waals surface area contributed by atoms with Crippen molar-refractivity contribution in [1.29, 1.82) is 0 Å². The van der Waals surface area contributed by atoms with Crippen molar-refractivity contribution in [2.45, 2.75) is 19.8 Å². The maximum absolute atomic E-state index is 11.8. The minimum atomic E-state index is -3.01. The highest BCUT2D eigenvalue weighted by atomic mass is 32.2. The Morgan fingerprint density at radius 1 is 1.30 bits per heavy atom. The highest BCUT2D eigenvalue weighted by Gasteiger charge is 2.26. The molecule has 8 heteroatoms. The monoisotopic (exact) mass is 306 g/mol. The van der Waals surface area contributed by atoms with Crippen molar-refractivity contribution in [3.63, 3.8) is 0 Å². The Labute approximate surface area is 119 Å². The summed E-state index contributed by atoms with van der Waals surface area (Å²) in [6, 6.07) is 0. The lowest BCUT2D eigenvalue weighted by molar-refractivity contribution is -0.145. The van der Waals surface area contributed by atoms with Gasteiger partial charge in [-0.3, -0.25) is 9.59 Å². The number of carboxylic acids is 1. The van der Waals surface area contributed by atoms with Crippen LogP contribution in [0.25, 0.3) is 0 Å². The first-order valence-corrected chi connectivity index (χ1v) is 8.59. The van der Waals surface area contributed by atoms with Gasteiger partial charge in [-0.2, -0.15) is 0 Å². The average Bonchev–Trinajstić information content (AvgIpc) is 2.43. The Kier molecular flexibility index (Phi) is 6.41. The second-order valence-electron chi connectivity index (χ2n) is 4.91. The van der Waals surface area contributed by atoms with Gasteiger partial charge < -0.3 is 15.3 Å². The molecule has 0 aromatic rings. The number of aliphatic carboxylic acids is 1. The molecule has 0 atom stereocenters. The Morgan fingerprint density at radius 3 is 2.40 bits per heavy atom. The topological polar surface area (TPSA) is 104 Å². The fourth-order valence-corrected chi connectivity index (χ4v) is 2.80. The van der Waals surface area contributed by atoms with Crippen LogP contribution in [0.4, 0.5) is 0 Å². The molecule has 0 aromatic carbocycles. The predicted molar refractivity (Wildman–Crippen MR) is 74.1 cm³/mol. The van der Waals surface area contributed by atoms with Crippen LogP contribution in [0.2, 0.25) is 0 Å². The maximum Gasteiger partial charge on any atom is 0.306 e. The third-order valence-corrected chi connectivity index (χ3v) is 5.21. The quantitative estimate of drug-likeness (QED) is 0.605. The van der Waals surface area contributed by atoms with Crippen LogP contribution in [0.1, 0.15) is 19.8 Å². The molecule has 0 bridgehead atoms. The summed E-state index contributed by atoms with van der Waals surface area (Å²) in [4.78, 5) is 24.3. The van der Waals surface area contributed by atoms with Crippen molar-refractivity contribution in [2.24, 2.45) is 5.92 Å². The molecule has 0 saturated carbocycles. The molecule has 1 aliphatic heterocycles. The van der Waals surface area contributed by atoms with E-state index in [0.29, 0.717) is 25.9 Å². The molecule has 1 aliphatic rings. The smallest absolute Gasteiger partial charge is 0.306 e. The summed E-state index contributed by atoms with van der Waals surface area (Å²) in [5, 5.41) is 11.7. The minimum absolute atomic E-state index is 0.0257. The van der Waals surface area contributed by atoms with Gasteiger partial charge in [0.25, 0.3) is 0 Å². The second kappa shape index (κ2) is 7.58. The average molecular weight is 306 g/mol. The number of rotatable bonds is 7. The number of sulfone groups is 1. The number of likely N-dealkylation sites (tertiary alicyclic amines) is 1. The zero-order valence-electron chi connectivity index (χ0n) is 11.7. The van der Waals surface area contributed by atoms with Gasteiger partial charge >= 0.3 is 5.97 Å². The molecule has 1 saturated heterocycles. The summed E-state index contributed by atoms with van der Waals surface area (Å²) in [5.74, 6) is -1.15. The molecule has 0 spiro atoms. The van der Waals surface area contributed by atoms with E-state index in [0.717, 1.165) is 0 Å². The highest BCUT2D eigenvalue weighted by Crippen LogP contribution is 2.16. The van der Waals surface area contributed by atoms with Crippen LogP contribution >= 0.6 is 0 Å². The summed E-state index contributed by atoms with van der Waals surface area (Å²) in [6.07, 6.45) is 0.955. The Bertz CT molecular complexity index is 441. The standard InChI is InChI=1S/C12H22N2O5S/c1-2-20(18,19)8-5-13-9-11(15)14-6-3-10(4-7-14)12(16)17/h10,13H,2-9H2,1H3,(H,16,17). The van der Waals surface area contributed by atoms with E-state index in [4.69, 9.17) is 5.11 Å². The molecule has 1 heterocycles. The predicted octanol–water partition coefficient (Wildman–Crippen LogP) is -0.666. The van der Waals surface area contributed by atoms with E-state index in [9.17, 15) is 18.0 Å². The molecule has 116 valence electrons. The van der Waals surface area contributed by atoms with Gasteiger partial charge in [0.1, 0.15) is 0 Å². The lowest BCUT2D eigenvalue weighted by Crippen LogP contribution is -2.44. The zero-order chi connectivity index (χ0) is 15.2. The molecule has 1 rings (SSSR count). The van der Waals surface area contributed by atoms with Crippen LogP contribution in [0.5, 0.6) is 0 Å². The van der Waals surface area contributed by atoms with Crippen LogP contribution in [0.3, 0.4) is 0 Å². The van der Waals surface area contributed by atoms with Crippen molar-refractivity contribution < 1.29 is 23.1 Å². The zero-order valence-corrected chi connectivity index (χ0v) is 12.5. The Hall–Kier alpha value is -1.15. The summed E-state index contributed by atoms with van der Waals surface area (Å²) >= 11 is 0. The molecular formula is C12H22N2O5S. The number of carbonyl (C=O) groups excluding carboxylic acids is 1. The van der Waals surface area contributed by atoms with Gasteiger partial charge in [-0.05, 0) is 12.8 Å². The summed E-state index contributed by atoms with van der Waals surface area (Å²) < 4.78 is 22.5. The first-order valence-electron chi connectivity index (χ1n) is 6.77. The Balaban J connectivity index is 2.23.